The van der Waals surface area contributed by atoms with Crippen molar-refractivity contribution in [2.75, 3.05) is 19.6 Å². The summed E-state index contributed by atoms with van der Waals surface area (Å²) in [5, 5.41) is 4.56. The van der Waals surface area contributed by atoms with Gasteiger partial charge in [0.05, 0.1) is 9.09 Å². The Labute approximate surface area is 154 Å². The molecule has 0 aromatic carbocycles. The van der Waals surface area contributed by atoms with E-state index in [2.05, 4.69) is 15.2 Å². The molecule has 1 atom stereocenters. The molecule has 4 nitrogen and oxygen atoms in total. The Bertz CT molecular complexity index is 743. The molecule has 0 saturated carbocycles. The minimum atomic E-state index is 0.0460. The van der Waals surface area contributed by atoms with Crippen LogP contribution in [0.2, 0.25) is 5.15 Å². The van der Waals surface area contributed by atoms with E-state index in [4.69, 9.17) is 11.6 Å². The molecule has 0 aliphatic carbocycles. The van der Waals surface area contributed by atoms with Crippen molar-refractivity contribution in [1.29, 1.82) is 0 Å². The van der Waals surface area contributed by atoms with E-state index in [1.807, 2.05) is 24.3 Å². The zero-order valence-electron chi connectivity index (χ0n) is 13.1. The summed E-state index contributed by atoms with van der Waals surface area (Å²) in [5.74, 6) is 0.688. The first-order valence-corrected chi connectivity index (χ1v) is 10.1. The molecular weight excluding hydrogens is 362 g/mol. The zero-order valence-corrected chi connectivity index (χ0v) is 15.5. The minimum absolute atomic E-state index is 0.0460. The molecule has 5 heterocycles. The Hall–Kier alpha value is -1.08. The number of hydrogen-bond donors (Lipinski definition) is 1. The molecule has 0 unspecified atom stereocenters. The summed E-state index contributed by atoms with van der Waals surface area (Å²) in [6.07, 6.45) is 2.41. The van der Waals surface area contributed by atoms with Crippen molar-refractivity contribution in [3.8, 4) is 0 Å². The maximum Gasteiger partial charge on any atom is 0.261 e. The predicted molar refractivity (Wildman–Crippen MR) is 98.1 cm³/mol. The summed E-state index contributed by atoms with van der Waals surface area (Å²) in [4.78, 5) is 20.0. The van der Waals surface area contributed by atoms with Crippen molar-refractivity contribution in [1.82, 2.24) is 15.2 Å². The third-order valence-electron chi connectivity index (χ3n) is 4.67. The third kappa shape index (κ3) is 3.61. The number of thiophene rings is 1. The SMILES string of the molecule is O=C(N[C@H]1CN2CCC1CC2)c1ccc(Sc2cccc(Cl)n2)s1. The zero-order chi connectivity index (χ0) is 16.5. The van der Waals surface area contributed by atoms with Crippen molar-refractivity contribution in [3.63, 3.8) is 0 Å². The van der Waals surface area contributed by atoms with E-state index in [1.165, 1.54) is 49.0 Å². The number of amides is 1. The van der Waals surface area contributed by atoms with Crippen LogP contribution in [0, 0.1) is 5.92 Å². The van der Waals surface area contributed by atoms with Crippen LogP contribution in [0.3, 0.4) is 0 Å². The van der Waals surface area contributed by atoms with Crippen LogP contribution in [-0.2, 0) is 0 Å². The quantitative estimate of drug-likeness (QED) is 0.821. The lowest BCUT2D eigenvalue weighted by Crippen LogP contribution is -2.57. The molecule has 3 aliphatic heterocycles. The van der Waals surface area contributed by atoms with E-state index in [0.29, 0.717) is 17.1 Å². The van der Waals surface area contributed by atoms with Gasteiger partial charge >= 0.3 is 0 Å². The van der Waals surface area contributed by atoms with E-state index < -0.39 is 0 Å². The summed E-state index contributed by atoms with van der Waals surface area (Å²) in [6, 6.07) is 9.73. The second-order valence-corrected chi connectivity index (χ2v) is 9.03. The third-order valence-corrected chi connectivity index (χ3v) is 7.04. The first-order chi connectivity index (χ1) is 11.7. The number of carbonyl (C=O) groups is 1. The number of piperidine rings is 3. The fourth-order valence-electron chi connectivity index (χ4n) is 3.41. The number of halogens is 1. The number of nitrogens with zero attached hydrogens (tertiary/aromatic N) is 2. The standard InChI is InChI=1S/C17H18ClN3OS2/c18-14-2-1-3-15(20-14)24-16-5-4-13(23-16)17(22)19-12-10-21-8-6-11(12)7-9-21/h1-5,11-12H,6-10H2,(H,19,22)/t12-/m0/s1. The Kier molecular flexibility index (Phi) is 4.81. The van der Waals surface area contributed by atoms with E-state index in [0.717, 1.165) is 20.7 Å². The second kappa shape index (κ2) is 7.04. The van der Waals surface area contributed by atoms with Crippen molar-refractivity contribution in [2.24, 2.45) is 5.92 Å². The van der Waals surface area contributed by atoms with Crippen molar-refractivity contribution >= 4 is 40.6 Å². The molecular formula is C17H18ClN3OS2. The largest absolute Gasteiger partial charge is 0.347 e. The number of aromatic nitrogens is 1. The van der Waals surface area contributed by atoms with Gasteiger partial charge in [-0.25, -0.2) is 4.98 Å². The number of fused-ring (bicyclic) bond motifs is 3. The van der Waals surface area contributed by atoms with E-state index in [-0.39, 0.29) is 5.91 Å². The number of pyridine rings is 1. The van der Waals surface area contributed by atoms with Crippen molar-refractivity contribution in [3.05, 3.63) is 40.4 Å². The smallest absolute Gasteiger partial charge is 0.261 e. The molecule has 3 fully saturated rings. The molecule has 0 radical (unpaired) electrons. The van der Waals surface area contributed by atoms with E-state index >= 15 is 0 Å². The summed E-state index contributed by atoms with van der Waals surface area (Å²) < 4.78 is 1.05. The summed E-state index contributed by atoms with van der Waals surface area (Å²) in [7, 11) is 0. The number of hydrogen-bond acceptors (Lipinski definition) is 5. The average molecular weight is 380 g/mol. The Morgan fingerprint density at radius 3 is 2.83 bits per heavy atom. The maximum atomic E-state index is 12.5. The summed E-state index contributed by atoms with van der Waals surface area (Å²) in [6.45, 7) is 3.36. The molecule has 3 aliphatic rings. The maximum absolute atomic E-state index is 12.5. The molecule has 2 aromatic rings. The van der Waals surface area contributed by atoms with Crippen LogP contribution < -0.4 is 5.32 Å². The highest BCUT2D eigenvalue weighted by Gasteiger charge is 2.35. The Morgan fingerprint density at radius 2 is 2.12 bits per heavy atom. The molecule has 24 heavy (non-hydrogen) atoms. The molecule has 2 bridgehead atoms. The topological polar surface area (TPSA) is 45.2 Å². The van der Waals surface area contributed by atoms with Gasteiger partial charge in [0.2, 0.25) is 0 Å². The van der Waals surface area contributed by atoms with Gasteiger partial charge in [-0.15, -0.1) is 11.3 Å². The van der Waals surface area contributed by atoms with Crippen LogP contribution >= 0.6 is 34.7 Å². The van der Waals surface area contributed by atoms with Crippen LogP contribution in [0.15, 0.2) is 39.6 Å². The van der Waals surface area contributed by atoms with Gasteiger partial charge in [0.15, 0.2) is 0 Å². The normalized spacial score (nSPS) is 25.6. The number of rotatable bonds is 4. The molecule has 2 aromatic heterocycles. The molecule has 3 saturated heterocycles. The van der Waals surface area contributed by atoms with Gasteiger partial charge in [-0.3, -0.25) is 4.79 Å². The fraction of sp³-hybridized carbons (Fsp3) is 0.412. The van der Waals surface area contributed by atoms with Crippen LogP contribution in [0.5, 0.6) is 0 Å². The molecule has 1 amide bonds. The van der Waals surface area contributed by atoms with E-state index in [9.17, 15) is 4.79 Å². The summed E-state index contributed by atoms with van der Waals surface area (Å²) >= 11 is 8.95. The lowest BCUT2D eigenvalue weighted by Gasteiger charge is -2.44. The highest BCUT2D eigenvalue weighted by molar-refractivity contribution is 8.01. The highest BCUT2D eigenvalue weighted by atomic mass is 35.5. The van der Waals surface area contributed by atoms with Crippen LogP contribution in [0.1, 0.15) is 22.5 Å². The summed E-state index contributed by atoms with van der Waals surface area (Å²) in [5.41, 5.74) is 0. The van der Waals surface area contributed by atoms with Crippen LogP contribution in [-0.4, -0.2) is 41.5 Å². The molecule has 126 valence electrons. The van der Waals surface area contributed by atoms with E-state index in [1.54, 1.807) is 6.07 Å². The van der Waals surface area contributed by atoms with Gasteiger partial charge in [-0.2, -0.15) is 0 Å². The average Bonchev–Trinajstić information content (AvgIpc) is 3.05. The first-order valence-electron chi connectivity index (χ1n) is 8.11. The Balaban J connectivity index is 1.40. The minimum Gasteiger partial charge on any atom is -0.347 e. The van der Waals surface area contributed by atoms with Gasteiger partial charge in [-0.1, -0.05) is 29.4 Å². The van der Waals surface area contributed by atoms with Gasteiger partial charge in [0.1, 0.15) is 10.2 Å². The Morgan fingerprint density at radius 1 is 1.29 bits per heavy atom. The molecule has 0 spiro atoms. The molecule has 1 N–H and O–H groups in total. The monoisotopic (exact) mass is 379 g/mol. The molecule has 7 heteroatoms. The van der Waals surface area contributed by atoms with Gasteiger partial charge in [0, 0.05) is 12.6 Å². The number of carbonyl (C=O) groups excluding carboxylic acids is 1. The fourth-order valence-corrected chi connectivity index (χ4v) is 5.59. The van der Waals surface area contributed by atoms with Gasteiger partial charge in [-0.05, 0) is 56.1 Å². The second-order valence-electron chi connectivity index (χ2n) is 6.24. The lowest BCUT2D eigenvalue weighted by molar-refractivity contribution is 0.0622. The predicted octanol–water partition coefficient (Wildman–Crippen LogP) is 3.77. The van der Waals surface area contributed by atoms with Crippen LogP contribution in [0.25, 0.3) is 0 Å². The van der Waals surface area contributed by atoms with Gasteiger partial charge in [0.25, 0.3) is 5.91 Å². The van der Waals surface area contributed by atoms with Crippen LogP contribution in [0.4, 0.5) is 0 Å². The van der Waals surface area contributed by atoms with Crippen molar-refractivity contribution < 1.29 is 4.79 Å². The molecule has 5 rings (SSSR count). The highest BCUT2D eigenvalue weighted by Crippen LogP contribution is 2.33. The van der Waals surface area contributed by atoms with Gasteiger partial charge < -0.3 is 10.2 Å². The lowest BCUT2D eigenvalue weighted by atomic mass is 9.84. The van der Waals surface area contributed by atoms with Crippen molar-refractivity contribution in [2.45, 2.75) is 28.1 Å². The number of nitrogens with one attached hydrogen (secondary N) is 1. The first kappa shape index (κ1) is 16.4.